The van der Waals surface area contributed by atoms with Gasteiger partial charge in [0.05, 0.1) is 6.20 Å². The van der Waals surface area contributed by atoms with Gasteiger partial charge in [-0.15, -0.1) is 12.8 Å². The predicted octanol–water partition coefficient (Wildman–Crippen LogP) is 5.76. The topological polar surface area (TPSA) is 68.2 Å². The molecule has 5 heteroatoms. The minimum Gasteiger partial charge on any atom is -0.402 e. The largest absolute Gasteiger partial charge is 0.402 e. The fraction of sp³-hybridized carbons (Fsp3) is 0.280. The Hall–Kier alpha value is -3.52. The van der Waals surface area contributed by atoms with Crippen LogP contribution < -0.4 is 11.1 Å². The quantitative estimate of drug-likeness (QED) is 0.316. The monoisotopic (exact) mass is 405 g/mol. The number of hydrogen-bond donors (Lipinski definition) is 2. The number of nitrogens with zero attached hydrogens (tertiary/aromatic N) is 3. The lowest BCUT2D eigenvalue weighted by Crippen LogP contribution is -2.04. The molecule has 0 fully saturated rings. The highest BCUT2D eigenvalue weighted by molar-refractivity contribution is 5.75. The summed E-state index contributed by atoms with van der Waals surface area (Å²) >= 11 is 0. The van der Waals surface area contributed by atoms with Gasteiger partial charge in [0.1, 0.15) is 11.5 Å². The molecule has 0 unspecified atom stereocenters. The van der Waals surface area contributed by atoms with Crippen LogP contribution in [0.4, 0.5) is 5.82 Å². The first kappa shape index (κ1) is 26.5. The van der Waals surface area contributed by atoms with Crippen LogP contribution in [0.1, 0.15) is 45.7 Å². The Morgan fingerprint density at radius 3 is 2.50 bits per heavy atom. The molecule has 0 amide bonds. The average molecular weight is 406 g/mol. The lowest BCUT2D eigenvalue weighted by molar-refractivity contribution is 1.10. The molecule has 0 saturated carbocycles. The molecule has 0 saturated heterocycles. The highest BCUT2D eigenvalue weighted by Gasteiger charge is 2.14. The standard InChI is InChI=1S/C19H27N5.C4H6.C2H2/c1-4-9-15(5-2)18-19(22-11-8-7-10-16(20)6-3)24-13-12-21-14-17(24)23-18;1-3-4-2;1-2/h6-9,12-14,22H,4-5,10-11,20H2,1-3H3;3-4H,1-2H2;1-2H/b8-7-,15-9+,16-6+;;. The summed E-state index contributed by atoms with van der Waals surface area (Å²) in [6.07, 6.45) is 27.8. The average Bonchev–Trinajstić information content (AvgIpc) is 3.16. The van der Waals surface area contributed by atoms with Crippen molar-refractivity contribution in [3.8, 4) is 12.8 Å². The maximum Gasteiger partial charge on any atom is 0.157 e. The number of nitrogens with one attached hydrogen (secondary N) is 1. The molecule has 5 nitrogen and oxygen atoms in total. The summed E-state index contributed by atoms with van der Waals surface area (Å²) in [6, 6.07) is 0. The lowest BCUT2D eigenvalue weighted by atomic mass is 10.1. The predicted molar refractivity (Wildman–Crippen MR) is 132 cm³/mol. The van der Waals surface area contributed by atoms with Crippen molar-refractivity contribution in [1.29, 1.82) is 0 Å². The van der Waals surface area contributed by atoms with Gasteiger partial charge in [-0.1, -0.05) is 63.5 Å². The van der Waals surface area contributed by atoms with E-state index in [1.165, 1.54) is 5.57 Å². The second kappa shape index (κ2) is 16.4. The van der Waals surface area contributed by atoms with E-state index in [-0.39, 0.29) is 0 Å². The molecular formula is C25H35N5. The van der Waals surface area contributed by atoms with Gasteiger partial charge in [0, 0.05) is 31.1 Å². The summed E-state index contributed by atoms with van der Waals surface area (Å²) in [7, 11) is 0. The molecule has 0 aliphatic rings. The van der Waals surface area contributed by atoms with E-state index in [1.807, 2.05) is 19.2 Å². The Kier molecular flexibility index (Phi) is 14.5. The third kappa shape index (κ3) is 8.66. The van der Waals surface area contributed by atoms with Crippen LogP contribution in [0.15, 0.2) is 73.9 Å². The van der Waals surface area contributed by atoms with Gasteiger partial charge >= 0.3 is 0 Å². The van der Waals surface area contributed by atoms with Crippen molar-refractivity contribution in [2.45, 2.75) is 40.0 Å². The minimum absolute atomic E-state index is 0.725. The number of terminal acetylenes is 1. The van der Waals surface area contributed by atoms with Gasteiger partial charge in [-0.2, -0.15) is 0 Å². The number of fused-ring (bicyclic) bond motifs is 1. The van der Waals surface area contributed by atoms with Crippen molar-refractivity contribution in [1.82, 2.24) is 14.4 Å². The fourth-order valence-corrected chi connectivity index (χ4v) is 2.53. The van der Waals surface area contributed by atoms with Crippen LogP contribution in [0.5, 0.6) is 0 Å². The number of imidazole rings is 1. The molecule has 0 aliphatic heterocycles. The van der Waals surface area contributed by atoms with Gasteiger partial charge in [-0.05, 0) is 25.3 Å². The Labute approximate surface area is 181 Å². The number of hydrogen-bond acceptors (Lipinski definition) is 4. The molecule has 0 atom stereocenters. The molecule has 0 aliphatic carbocycles. The van der Waals surface area contributed by atoms with Gasteiger partial charge < -0.3 is 11.1 Å². The number of allylic oxidation sites excluding steroid dienone is 6. The van der Waals surface area contributed by atoms with Crippen LogP contribution >= 0.6 is 0 Å². The molecule has 2 heterocycles. The molecular weight excluding hydrogens is 370 g/mol. The SMILES string of the molecule is C#C.C/C=C(/N)C/C=C\CNc1c(/C(=C/CC)CC)nc2cnccn12.C=CC=C. The Morgan fingerprint density at radius 2 is 1.93 bits per heavy atom. The molecule has 160 valence electrons. The van der Waals surface area contributed by atoms with Crippen LogP contribution in [-0.2, 0) is 0 Å². The molecule has 3 N–H and O–H groups in total. The summed E-state index contributed by atoms with van der Waals surface area (Å²) in [5.74, 6) is 1.01. The lowest BCUT2D eigenvalue weighted by Gasteiger charge is -2.08. The van der Waals surface area contributed by atoms with E-state index in [9.17, 15) is 0 Å². The molecule has 0 bridgehead atoms. The fourth-order valence-electron chi connectivity index (χ4n) is 2.53. The zero-order chi connectivity index (χ0) is 22.8. The van der Waals surface area contributed by atoms with E-state index < -0.39 is 0 Å². The first-order chi connectivity index (χ1) is 14.6. The van der Waals surface area contributed by atoms with Gasteiger partial charge in [0.25, 0.3) is 0 Å². The molecule has 2 aromatic heterocycles. The molecule has 2 aromatic rings. The number of nitrogens with two attached hydrogens (primary N) is 1. The maximum atomic E-state index is 5.80. The van der Waals surface area contributed by atoms with Crippen molar-refractivity contribution in [2.75, 3.05) is 11.9 Å². The van der Waals surface area contributed by atoms with E-state index >= 15 is 0 Å². The third-order valence-electron chi connectivity index (χ3n) is 4.01. The van der Waals surface area contributed by atoms with E-state index in [4.69, 9.17) is 10.7 Å². The highest BCUT2D eigenvalue weighted by Crippen LogP contribution is 2.27. The zero-order valence-electron chi connectivity index (χ0n) is 18.5. The van der Waals surface area contributed by atoms with E-state index in [1.54, 1.807) is 24.5 Å². The summed E-state index contributed by atoms with van der Waals surface area (Å²) in [4.78, 5) is 8.93. The van der Waals surface area contributed by atoms with Crippen LogP contribution in [-0.4, -0.2) is 20.9 Å². The highest BCUT2D eigenvalue weighted by atomic mass is 15.1. The van der Waals surface area contributed by atoms with Gasteiger partial charge in [0.2, 0.25) is 0 Å². The third-order valence-corrected chi connectivity index (χ3v) is 4.01. The maximum absolute atomic E-state index is 5.80. The first-order valence-corrected chi connectivity index (χ1v) is 10.0. The van der Waals surface area contributed by atoms with Gasteiger partial charge in [0.15, 0.2) is 5.65 Å². The summed E-state index contributed by atoms with van der Waals surface area (Å²) in [5.41, 5.74) is 9.80. The van der Waals surface area contributed by atoms with Crippen LogP contribution in [0.25, 0.3) is 11.2 Å². The number of rotatable bonds is 9. The van der Waals surface area contributed by atoms with E-state index in [0.29, 0.717) is 0 Å². The van der Waals surface area contributed by atoms with E-state index in [2.05, 4.69) is 72.8 Å². The molecule has 30 heavy (non-hydrogen) atoms. The number of anilines is 1. The van der Waals surface area contributed by atoms with Crippen molar-refractivity contribution in [3.05, 3.63) is 79.6 Å². The minimum atomic E-state index is 0.725. The molecule has 0 radical (unpaired) electrons. The van der Waals surface area contributed by atoms with Gasteiger partial charge in [-0.3, -0.25) is 9.38 Å². The molecule has 0 aromatic carbocycles. The van der Waals surface area contributed by atoms with Crippen LogP contribution in [0, 0.1) is 12.8 Å². The summed E-state index contributed by atoms with van der Waals surface area (Å²) < 4.78 is 2.05. The Balaban J connectivity index is 0.00000125. The Bertz CT molecular complexity index is 875. The van der Waals surface area contributed by atoms with Crippen molar-refractivity contribution in [2.24, 2.45) is 5.73 Å². The molecule has 0 spiro atoms. The van der Waals surface area contributed by atoms with Gasteiger partial charge in [-0.25, -0.2) is 4.98 Å². The second-order valence-corrected chi connectivity index (χ2v) is 6.00. The van der Waals surface area contributed by atoms with Crippen LogP contribution in [0.3, 0.4) is 0 Å². The molecule has 2 rings (SSSR count). The summed E-state index contributed by atoms with van der Waals surface area (Å²) in [5, 5.41) is 3.49. The summed E-state index contributed by atoms with van der Waals surface area (Å²) in [6.45, 7) is 13.7. The second-order valence-electron chi connectivity index (χ2n) is 6.00. The van der Waals surface area contributed by atoms with Crippen molar-refractivity contribution >= 4 is 17.0 Å². The smallest absolute Gasteiger partial charge is 0.157 e. The van der Waals surface area contributed by atoms with Crippen molar-refractivity contribution in [3.63, 3.8) is 0 Å². The van der Waals surface area contributed by atoms with Crippen LogP contribution in [0.2, 0.25) is 0 Å². The van der Waals surface area contributed by atoms with E-state index in [0.717, 1.165) is 48.7 Å². The van der Waals surface area contributed by atoms with Crippen molar-refractivity contribution < 1.29 is 0 Å². The normalized spacial score (nSPS) is 11.2. The Morgan fingerprint density at radius 1 is 1.23 bits per heavy atom. The zero-order valence-corrected chi connectivity index (χ0v) is 18.5. The number of aromatic nitrogens is 3. The first-order valence-electron chi connectivity index (χ1n) is 10.0.